The molecule has 1 aromatic rings. The molecule has 5 nitrogen and oxygen atoms in total. The molecular formula is C14H18BrNO4S. The third kappa shape index (κ3) is 3.84. The Bertz CT molecular complexity index is 609. The van der Waals surface area contributed by atoms with E-state index < -0.39 is 10.0 Å². The molecule has 0 spiro atoms. The van der Waals surface area contributed by atoms with E-state index in [0.29, 0.717) is 32.5 Å². The van der Waals surface area contributed by atoms with E-state index in [0.717, 1.165) is 4.47 Å². The van der Waals surface area contributed by atoms with Crippen LogP contribution >= 0.6 is 15.9 Å². The Morgan fingerprint density at radius 3 is 2.62 bits per heavy atom. The fraction of sp³-hybridized carbons (Fsp3) is 0.500. The molecule has 0 atom stereocenters. The Morgan fingerprint density at radius 1 is 1.38 bits per heavy atom. The molecule has 1 fully saturated rings. The third-order valence-corrected chi connectivity index (χ3v) is 5.90. The number of benzene rings is 1. The Morgan fingerprint density at radius 2 is 2.05 bits per heavy atom. The number of ether oxygens (including phenoxy) is 1. The maximum Gasteiger partial charge on any atom is 0.309 e. The Kier molecular flexibility index (Phi) is 5.40. The van der Waals surface area contributed by atoms with Crippen LogP contribution in [0.2, 0.25) is 0 Å². The number of esters is 1. The van der Waals surface area contributed by atoms with Gasteiger partial charge in [-0.3, -0.25) is 4.79 Å². The van der Waals surface area contributed by atoms with E-state index in [9.17, 15) is 13.2 Å². The van der Waals surface area contributed by atoms with Gasteiger partial charge in [-0.05, 0) is 38.0 Å². The lowest BCUT2D eigenvalue weighted by molar-refractivity contribution is -0.149. The van der Waals surface area contributed by atoms with Crippen molar-refractivity contribution in [1.82, 2.24) is 4.31 Å². The van der Waals surface area contributed by atoms with Gasteiger partial charge in [0.15, 0.2) is 0 Å². The summed E-state index contributed by atoms with van der Waals surface area (Å²) in [5.41, 5.74) is 0. The van der Waals surface area contributed by atoms with E-state index in [1.54, 1.807) is 31.2 Å². The first kappa shape index (κ1) is 16.5. The lowest BCUT2D eigenvalue weighted by atomic mass is 9.98. The van der Waals surface area contributed by atoms with Gasteiger partial charge in [-0.25, -0.2) is 8.42 Å². The van der Waals surface area contributed by atoms with Gasteiger partial charge < -0.3 is 4.74 Å². The van der Waals surface area contributed by atoms with Crippen LogP contribution in [0.25, 0.3) is 0 Å². The quantitative estimate of drug-likeness (QED) is 0.758. The molecule has 0 N–H and O–H groups in total. The third-order valence-electron chi connectivity index (χ3n) is 3.51. The first-order chi connectivity index (χ1) is 9.95. The molecule has 1 aliphatic rings. The molecule has 1 heterocycles. The summed E-state index contributed by atoms with van der Waals surface area (Å²) in [6.07, 6.45) is 1.01. The van der Waals surface area contributed by atoms with Crippen LogP contribution in [0.4, 0.5) is 0 Å². The molecule has 1 aliphatic heterocycles. The van der Waals surface area contributed by atoms with Gasteiger partial charge in [0.25, 0.3) is 0 Å². The molecule has 0 amide bonds. The Hall–Kier alpha value is -0.920. The van der Waals surface area contributed by atoms with Crippen molar-refractivity contribution in [1.29, 1.82) is 0 Å². The average molecular weight is 376 g/mol. The van der Waals surface area contributed by atoms with Gasteiger partial charge in [0, 0.05) is 17.6 Å². The van der Waals surface area contributed by atoms with E-state index in [1.165, 1.54) is 4.31 Å². The molecule has 7 heteroatoms. The zero-order chi connectivity index (χ0) is 15.5. The second kappa shape index (κ2) is 6.89. The number of nitrogens with zero attached hydrogens (tertiary/aromatic N) is 1. The topological polar surface area (TPSA) is 63.7 Å². The van der Waals surface area contributed by atoms with Crippen molar-refractivity contribution < 1.29 is 17.9 Å². The van der Waals surface area contributed by atoms with E-state index >= 15 is 0 Å². The number of carbonyl (C=O) groups excluding carboxylic acids is 1. The number of hydrogen-bond donors (Lipinski definition) is 0. The first-order valence-electron chi connectivity index (χ1n) is 6.87. The molecule has 1 saturated heterocycles. The summed E-state index contributed by atoms with van der Waals surface area (Å²) in [4.78, 5) is 11.9. The highest BCUT2D eigenvalue weighted by molar-refractivity contribution is 9.10. The van der Waals surface area contributed by atoms with E-state index in [-0.39, 0.29) is 16.8 Å². The first-order valence-corrected chi connectivity index (χ1v) is 9.11. The van der Waals surface area contributed by atoms with E-state index in [1.807, 2.05) is 0 Å². The predicted molar refractivity (Wildman–Crippen MR) is 82.3 cm³/mol. The van der Waals surface area contributed by atoms with Gasteiger partial charge in [-0.15, -0.1) is 0 Å². The molecule has 0 unspecified atom stereocenters. The summed E-state index contributed by atoms with van der Waals surface area (Å²) in [7, 11) is -3.49. The van der Waals surface area contributed by atoms with Crippen LogP contribution in [0, 0.1) is 5.92 Å². The van der Waals surface area contributed by atoms with E-state index in [2.05, 4.69) is 15.9 Å². The largest absolute Gasteiger partial charge is 0.466 e. The van der Waals surface area contributed by atoms with Crippen molar-refractivity contribution in [2.75, 3.05) is 19.7 Å². The maximum absolute atomic E-state index is 12.5. The second-order valence-corrected chi connectivity index (χ2v) is 7.74. The van der Waals surface area contributed by atoms with Gasteiger partial charge in [-0.2, -0.15) is 4.31 Å². The lowest BCUT2D eigenvalue weighted by Gasteiger charge is -2.30. The molecule has 0 radical (unpaired) electrons. The highest BCUT2D eigenvalue weighted by Gasteiger charge is 2.32. The Labute approximate surface area is 133 Å². The van der Waals surface area contributed by atoms with Gasteiger partial charge in [0.1, 0.15) is 0 Å². The molecule has 0 aromatic heterocycles. The van der Waals surface area contributed by atoms with Crippen molar-refractivity contribution in [2.24, 2.45) is 5.92 Å². The van der Waals surface area contributed by atoms with Crippen LogP contribution in [0.5, 0.6) is 0 Å². The number of sulfonamides is 1. The summed E-state index contributed by atoms with van der Waals surface area (Å²) in [5.74, 6) is -0.420. The fourth-order valence-corrected chi connectivity index (χ4v) is 4.44. The molecule has 2 rings (SSSR count). The summed E-state index contributed by atoms with van der Waals surface area (Å²) >= 11 is 3.28. The average Bonchev–Trinajstić information content (AvgIpc) is 2.47. The van der Waals surface area contributed by atoms with Gasteiger partial charge in [-0.1, -0.05) is 22.0 Å². The minimum atomic E-state index is -3.49. The fourth-order valence-electron chi connectivity index (χ4n) is 2.37. The monoisotopic (exact) mass is 375 g/mol. The van der Waals surface area contributed by atoms with E-state index in [4.69, 9.17) is 4.74 Å². The molecule has 21 heavy (non-hydrogen) atoms. The summed E-state index contributed by atoms with van der Waals surface area (Å²) < 4.78 is 32.2. The molecule has 0 saturated carbocycles. The molecular weight excluding hydrogens is 358 g/mol. The standard InChI is InChI=1S/C14H18BrNO4S/c1-2-20-14(17)11-6-8-16(9-7-11)21(18,19)13-5-3-4-12(15)10-13/h3-5,10-11H,2,6-9H2,1H3. The smallest absolute Gasteiger partial charge is 0.309 e. The zero-order valence-corrected chi connectivity index (χ0v) is 14.2. The van der Waals surface area contributed by atoms with Crippen molar-refractivity contribution >= 4 is 31.9 Å². The SMILES string of the molecule is CCOC(=O)C1CCN(S(=O)(=O)c2cccc(Br)c2)CC1. The normalized spacial score (nSPS) is 17.6. The lowest BCUT2D eigenvalue weighted by Crippen LogP contribution is -2.40. The number of hydrogen-bond acceptors (Lipinski definition) is 4. The van der Waals surface area contributed by atoms with Crippen LogP contribution in [-0.2, 0) is 19.6 Å². The van der Waals surface area contributed by atoms with Gasteiger partial charge >= 0.3 is 5.97 Å². The van der Waals surface area contributed by atoms with Gasteiger partial charge in [0.05, 0.1) is 17.4 Å². The number of piperidine rings is 1. The van der Waals surface area contributed by atoms with Crippen molar-refractivity contribution in [3.63, 3.8) is 0 Å². The number of rotatable bonds is 4. The number of halogens is 1. The van der Waals surface area contributed by atoms with Crippen molar-refractivity contribution in [2.45, 2.75) is 24.7 Å². The van der Waals surface area contributed by atoms with Crippen LogP contribution in [0.3, 0.4) is 0 Å². The van der Waals surface area contributed by atoms with Crippen molar-refractivity contribution in [3.8, 4) is 0 Å². The molecule has 0 aliphatic carbocycles. The van der Waals surface area contributed by atoms with Gasteiger partial charge in [0.2, 0.25) is 10.0 Å². The highest BCUT2D eigenvalue weighted by Crippen LogP contribution is 2.25. The molecule has 1 aromatic carbocycles. The second-order valence-electron chi connectivity index (χ2n) is 4.89. The van der Waals surface area contributed by atoms with Crippen molar-refractivity contribution in [3.05, 3.63) is 28.7 Å². The predicted octanol–water partition coefficient (Wildman–Crippen LogP) is 2.41. The minimum Gasteiger partial charge on any atom is -0.466 e. The highest BCUT2D eigenvalue weighted by atomic mass is 79.9. The zero-order valence-electron chi connectivity index (χ0n) is 11.8. The van der Waals surface area contributed by atoms with Crippen LogP contribution < -0.4 is 0 Å². The molecule has 0 bridgehead atoms. The van der Waals surface area contributed by atoms with Crippen LogP contribution in [-0.4, -0.2) is 38.4 Å². The van der Waals surface area contributed by atoms with Crippen LogP contribution in [0.1, 0.15) is 19.8 Å². The van der Waals surface area contributed by atoms with Crippen LogP contribution in [0.15, 0.2) is 33.6 Å². The molecule has 116 valence electrons. The summed E-state index contributed by atoms with van der Waals surface area (Å²) in [6.45, 7) is 2.82. The Balaban J connectivity index is 2.06. The summed E-state index contributed by atoms with van der Waals surface area (Å²) in [5, 5.41) is 0. The summed E-state index contributed by atoms with van der Waals surface area (Å²) in [6, 6.07) is 6.65. The minimum absolute atomic E-state index is 0.195. The maximum atomic E-state index is 12.5. The number of carbonyl (C=O) groups is 1.